The molecule has 2 aliphatic rings. The predicted molar refractivity (Wildman–Crippen MR) is 99.5 cm³/mol. The van der Waals surface area contributed by atoms with Crippen molar-refractivity contribution in [1.29, 1.82) is 0 Å². The normalized spacial score (nSPS) is 23.5. The predicted octanol–water partition coefficient (Wildman–Crippen LogP) is 2.07. The molecule has 1 atom stereocenters. The molecule has 0 spiro atoms. The van der Waals surface area contributed by atoms with Crippen molar-refractivity contribution in [3.8, 4) is 0 Å². The number of aromatic nitrogens is 2. The summed E-state index contributed by atoms with van der Waals surface area (Å²) in [6.45, 7) is 2.45. The molecule has 1 saturated heterocycles. The molecule has 1 aliphatic carbocycles. The molecule has 3 rings (SSSR count). The van der Waals surface area contributed by atoms with Crippen LogP contribution in [-0.2, 0) is 4.79 Å². The van der Waals surface area contributed by atoms with Crippen molar-refractivity contribution in [2.75, 3.05) is 38.6 Å². The number of hydrogen-bond donors (Lipinski definition) is 1. The SMILES string of the molecule is CN(C)C1(CNC(=O)C2CCCN(c3cnccn3)C2)CCCCC1. The molecule has 2 fully saturated rings. The summed E-state index contributed by atoms with van der Waals surface area (Å²) < 4.78 is 0. The van der Waals surface area contributed by atoms with Crippen LogP contribution in [0.4, 0.5) is 5.82 Å². The maximum absolute atomic E-state index is 12.8. The van der Waals surface area contributed by atoms with Gasteiger partial charge in [-0.3, -0.25) is 9.78 Å². The van der Waals surface area contributed by atoms with Gasteiger partial charge in [-0.1, -0.05) is 19.3 Å². The molecule has 0 radical (unpaired) electrons. The summed E-state index contributed by atoms with van der Waals surface area (Å²) in [5.74, 6) is 1.11. The Labute approximate surface area is 151 Å². The van der Waals surface area contributed by atoms with Crippen molar-refractivity contribution in [2.45, 2.75) is 50.5 Å². The van der Waals surface area contributed by atoms with Crippen LogP contribution < -0.4 is 10.2 Å². The minimum atomic E-state index is 0.0403. The summed E-state index contributed by atoms with van der Waals surface area (Å²) in [6.07, 6.45) is 13.3. The summed E-state index contributed by atoms with van der Waals surface area (Å²) >= 11 is 0. The minimum Gasteiger partial charge on any atom is -0.355 e. The zero-order valence-electron chi connectivity index (χ0n) is 15.6. The Kier molecular flexibility index (Phi) is 5.89. The molecule has 0 bridgehead atoms. The number of nitrogens with one attached hydrogen (secondary N) is 1. The maximum atomic E-state index is 12.8. The molecule has 1 unspecified atom stereocenters. The van der Waals surface area contributed by atoms with Gasteiger partial charge < -0.3 is 15.1 Å². The third-order valence-corrected chi connectivity index (χ3v) is 5.99. The first-order chi connectivity index (χ1) is 12.1. The van der Waals surface area contributed by atoms with Crippen LogP contribution in [0.25, 0.3) is 0 Å². The van der Waals surface area contributed by atoms with E-state index in [0.29, 0.717) is 0 Å². The van der Waals surface area contributed by atoms with E-state index in [2.05, 4.69) is 39.2 Å². The van der Waals surface area contributed by atoms with Crippen LogP contribution in [0.5, 0.6) is 0 Å². The van der Waals surface area contributed by atoms with Crippen molar-refractivity contribution in [1.82, 2.24) is 20.2 Å². The Morgan fingerprint density at radius 2 is 2.08 bits per heavy atom. The quantitative estimate of drug-likeness (QED) is 0.885. The molecule has 1 aliphatic heterocycles. The van der Waals surface area contributed by atoms with Crippen LogP contribution in [0, 0.1) is 5.92 Å². The zero-order chi connectivity index (χ0) is 17.7. The van der Waals surface area contributed by atoms with Gasteiger partial charge in [-0.2, -0.15) is 0 Å². The van der Waals surface area contributed by atoms with E-state index in [0.717, 1.165) is 38.3 Å². The van der Waals surface area contributed by atoms with Crippen LogP contribution >= 0.6 is 0 Å². The van der Waals surface area contributed by atoms with Crippen molar-refractivity contribution in [3.63, 3.8) is 0 Å². The van der Waals surface area contributed by atoms with Crippen molar-refractivity contribution >= 4 is 11.7 Å². The van der Waals surface area contributed by atoms with Crippen LogP contribution in [-0.4, -0.2) is 60.0 Å². The first kappa shape index (κ1) is 18.1. The van der Waals surface area contributed by atoms with Crippen LogP contribution in [0.1, 0.15) is 44.9 Å². The van der Waals surface area contributed by atoms with Crippen LogP contribution in [0.2, 0.25) is 0 Å². The van der Waals surface area contributed by atoms with Gasteiger partial charge >= 0.3 is 0 Å². The van der Waals surface area contributed by atoms with E-state index in [9.17, 15) is 4.79 Å². The average molecular weight is 345 g/mol. The second-order valence-corrected chi connectivity index (χ2v) is 7.75. The Balaban J connectivity index is 1.57. The third kappa shape index (κ3) is 4.29. The van der Waals surface area contributed by atoms with Crippen molar-refractivity contribution < 1.29 is 4.79 Å². The molecule has 25 heavy (non-hydrogen) atoms. The van der Waals surface area contributed by atoms with Gasteiger partial charge in [0.15, 0.2) is 0 Å². The number of amides is 1. The third-order valence-electron chi connectivity index (χ3n) is 5.99. The maximum Gasteiger partial charge on any atom is 0.224 e. The lowest BCUT2D eigenvalue weighted by Gasteiger charge is -2.43. The summed E-state index contributed by atoms with van der Waals surface area (Å²) in [5.41, 5.74) is 0.132. The summed E-state index contributed by atoms with van der Waals surface area (Å²) in [4.78, 5) is 25.8. The van der Waals surface area contributed by atoms with Crippen molar-refractivity contribution in [3.05, 3.63) is 18.6 Å². The molecular weight excluding hydrogens is 314 g/mol. The van der Waals surface area contributed by atoms with Crippen molar-refractivity contribution in [2.24, 2.45) is 5.92 Å². The number of carbonyl (C=O) groups excluding carboxylic acids is 1. The first-order valence-electron chi connectivity index (χ1n) is 9.57. The number of piperidine rings is 1. The van der Waals surface area contributed by atoms with E-state index in [1.807, 2.05) is 0 Å². The fraction of sp³-hybridized carbons (Fsp3) is 0.737. The van der Waals surface area contributed by atoms with Gasteiger partial charge in [0.05, 0.1) is 12.1 Å². The largest absolute Gasteiger partial charge is 0.355 e. The van der Waals surface area contributed by atoms with Crippen LogP contribution in [0.15, 0.2) is 18.6 Å². The molecule has 0 aromatic carbocycles. The monoisotopic (exact) mass is 345 g/mol. The average Bonchev–Trinajstić information content (AvgIpc) is 2.67. The van der Waals surface area contributed by atoms with Gasteiger partial charge in [0.1, 0.15) is 5.82 Å². The second kappa shape index (κ2) is 8.13. The highest BCUT2D eigenvalue weighted by Gasteiger charge is 2.35. The molecule has 1 aromatic rings. The van der Waals surface area contributed by atoms with Gasteiger partial charge in [0.2, 0.25) is 5.91 Å². The number of carbonyl (C=O) groups is 1. The van der Waals surface area contributed by atoms with E-state index in [1.54, 1.807) is 18.6 Å². The van der Waals surface area contributed by atoms with Gasteiger partial charge in [0.25, 0.3) is 0 Å². The topological polar surface area (TPSA) is 61.4 Å². The molecule has 138 valence electrons. The Bertz CT molecular complexity index is 556. The standard InChI is InChI=1S/C19H31N5O/c1-23(2)19(8-4-3-5-9-19)15-22-18(25)16-7-6-12-24(14-16)17-13-20-10-11-21-17/h10-11,13,16H,3-9,12,14-15H2,1-2H3,(H,22,25). The van der Waals surface area contributed by atoms with E-state index in [-0.39, 0.29) is 17.4 Å². The number of rotatable bonds is 5. The lowest BCUT2D eigenvalue weighted by atomic mass is 9.80. The number of nitrogens with zero attached hydrogens (tertiary/aromatic N) is 4. The zero-order valence-corrected chi connectivity index (χ0v) is 15.6. The van der Waals surface area contributed by atoms with E-state index >= 15 is 0 Å². The Morgan fingerprint density at radius 1 is 1.28 bits per heavy atom. The molecule has 6 heteroatoms. The number of hydrogen-bond acceptors (Lipinski definition) is 5. The van der Waals surface area contributed by atoms with Gasteiger partial charge in [0, 0.05) is 37.6 Å². The minimum absolute atomic E-state index is 0.0403. The Morgan fingerprint density at radius 3 is 2.76 bits per heavy atom. The molecule has 1 saturated carbocycles. The fourth-order valence-electron chi connectivity index (χ4n) is 4.24. The van der Waals surface area contributed by atoms with Crippen LogP contribution in [0.3, 0.4) is 0 Å². The highest BCUT2D eigenvalue weighted by Crippen LogP contribution is 2.31. The lowest BCUT2D eigenvalue weighted by Crippen LogP contribution is -2.55. The fourth-order valence-corrected chi connectivity index (χ4v) is 4.24. The molecule has 6 nitrogen and oxygen atoms in total. The molecule has 1 amide bonds. The first-order valence-corrected chi connectivity index (χ1v) is 9.57. The second-order valence-electron chi connectivity index (χ2n) is 7.75. The lowest BCUT2D eigenvalue weighted by molar-refractivity contribution is -0.126. The highest BCUT2D eigenvalue weighted by atomic mass is 16.1. The highest BCUT2D eigenvalue weighted by molar-refractivity contribution is 5.79. The van der Waals surface area contributed by atoms with Gasteiger partial charge in [-0.05, 0) is 39.8 Å². The van der Waals surface area contributed by atoms with Gasteiger partial charge in [-0.25, -0.2) is 4.98 Å². The molecule has 2 heterocycles. The smallest absolute Gasteiger partial charge is 0.224 e. The summed E-state index contributed by atoms with van der Waals surface area (Å²) in [5, 5.41) is 3.27. The summed E-state index contributed by atoms with van der Waals surface area (Å²) in [7, 11) is 4.29. The van der Waals surface area contributed by atoms with Gasteiger partial charge in [-0.15, -0.1) is 0 Å². The molecule has 1 aromatic heterocycles. The number of anilines is 1. The molecular formula is C19H31N5O. The van der Waals surface area contributed by atoms with E-state index in [1.165, 1.54) is 32.1 Å². The van der Waals surface area contributed by atoms with E-state index < -0.39 is 0 Å². The molecule has 1 N–H and O–H groups in total. The summed E-state index contributed by atoms with van der Waals surface area (Å²) in [6, 6.07) is 0. The van der Waals surface area contributed by atoms with E-state index in [4.69, 9.17) is 0 Å². The Hall–Kier alpha value is -1.69. The number of likely N-dealkylation sites (N-methyl/N-ethyl adjacent to an activating group) is 1.